The normalized spacial score (nSPS) is 10.8. The van der Waals surface area contributed by atoms with Crippen molar-refractivity contribution in [2.45, 2.75) is 0 Å². The van der Waals surface area contributed by atoms with Crippen molar-refractivity contribution < 1.29 is 10.0 Å². The molecule has 2 aromatic rings. The van der Waals surface area contributed by atoms with Crippen molar-refractivity contribution in [1.82, 2.24) is 4.57 Å². The lowest BCUT2D eigenvalue weighted by Gasteiger charge is -1.99. The van der Waals surface area contributed by atoms with Gasteiger partial charge >= 0.3 is 12.0 Å². The van der Waals surface area contributed by atoms with Crippen molar-refractivity contribution in [2.75, 3.05) is 0 Å². The largest absolute Gasteiger partial charge is 0.488 e. The summed E-state index contributed by atoms with van der Waals surface area (Å²) in [5.74, 6) is 0. The Kier molecular flexibility index (Phi) is 2.18. The van der Waals surface area contributed by atoms with Crippen LogP contribution in [0.5, 0.6) is 0 Å². The highest BCUT2D eigenvalue weighted by molar-refractivity contribution is 7.16. The van der Waals surface area contributed by atoms with Crippen LogP contribution in [0.15, 0.2) is 23.0 Å². The number of hydrogen-bond donors (Lipinski definition) is 2. The lowest BCUT2D eigenvalue weighted by Crippen LogP contribution is -2.29. The van der Waals surface area contributed by atoms with Crippen molar-refractivity contribution in [3.63, 3.8) is 0 Å². The van der Waals surface area contributed by atoms with Gasteiger partial charge in [-0.15, -0.1) is 0 Å². The van der Waals surface area contributed by atoms with Crippen LogP contribution in [0.2, 0.25) is 0 Å². The predicted octanol–water partition coefficient (Wildman–Crippen LogP) is -0.720. The summed E-state index contributed by atoms with van der Waals surface area (Å²) < 4.78 is 2.30. The van der Waals surface area contributed by atoms with E-state index in [2.05, 4.69) is 0 Å². The highest BCUT2D eigenvalue weighted by Crippen LogP contribution is 2.14. The maximum Gasteiger partial charge on any atom is 0.488 e. The average Bonchev–Trinajstić information content (AvgIpc) is 2.42. The van der Waals surface area contributed by atoms with Gasteiger partial charge in [0.05, 0.1) is 10.2 Å². The highest BCUT2D eigenvalue weighted by Gasteiger charge is 2.12. The molecule has 2 rings (SSSR count). The van der Waals surface area contributed by atoms with Crippen molar-refractivity contribution in [3.05, 3.63) is 27.9 Å². The molecule has 0 bridgehead atoms. The quantitative estimate of drug-likeness (QED) is 0.609. The van der Waals surface area contributed by atoms with Crippen LogP contribution in [0.25, 0.3) is 10.2 Å². The first kappa shape index (κ1) is 9.45. The minimum atomic E-state index is -1.48. The van der Waals surface area contributed by atoms with Crippen LogP contribution in [0.1, 0.15) is 0 Å². The fourth-order valence-corrected chi connectivity index (χ4v) is 2.24. The number of nitrogens with zero attached hydrogens (tertiary/aromatic N) is 1. The molecule has 72 valence electrons. The zero-order chi connectivity index (χ0) is 10.3. The Morgan fingerprint density at radius 1 is 1.43 bits per heavy atom. The highest BCUT2D eigenvalue weighted by atomic mass is 32.1. The van der Waals surface area contributed by atoms with Gasteiger partial charge in [0.25, 0.3) is 0 Å². The van der Waals surface area contributed by atoms with Gasteiger partial charge in [0.1, 0.15) is 0 Å². The molecule has 0 radical (unpaired) electrons. The Hall–Kier alpha value is -1.11. The molecule has 0 saturated heterocycles. The van der Waals surface area contributed by atoms with Gasteiger partial charge in [0.15, 0.2) is 0 Å². The Labute approximate surface area is 84.2 Å². The van der Waals surface area contributed by atoms with Gasteiger partial charge in [-0.1, -0.05) is 17.4 Å². The maximum atomic E-state index is 11.3. The summed E-state index contributed by atoms with van der Waals surface area (Å²) in [6.07, 6.45) is 0. The van der Waals surface area contributed by atoms with E-state index in [-0.39, 0.29) is 4.87 Å². The van der Waals surface area contributed by atoms with Crippen molar-refractivity contribution in [1.29, 1.82) is 0 Å². The second kappa shape index (κ2) is 3.23. The first-order valence-corrected chi connectivity index (χ1v) is 4.87. The molecule has 14 heavy (non-hydrogen) atoms. The Bertz CT molecular complexity index is 531. The molecule has 4 nitrogen and oxygen atoms in total. The number of rotatable bonds is 1. The zero-order valence-corrected chi connectivity index (χ0v) is 8.28. The summed E-state index contributed by atoms with van der Waals surface area (Å²) in [7, 11) is 0.206. The number of thiazole rings is 1. The molecular weight excluding hydrogens is 201 g/mol. The van der Waals surface area contributed by atoms with Crippen LogP contribution in [-0.2, 0) is 7.05 Å². The molecular formula is C8H8BNO3S. The number of hydrogen-bond acceptors (Lipinski definition) is 4. The van der Waals surface area contributed by atoms with Gasteiger partial charge in [-0.3, -0.25) is 4.79 Å². The number of aryl methyl sites for hydroxylation is 1. The van der Waals surface area contributed by atoms with E-state index in [0.717, 1.165) is 21.6 Å². The third-order valence-electron chi connectivity index (χ3n) is 2.11. The molecule has 0 atom stereocenters. The van der Waals surface area contributed by atoms with Gasteiger partial charge in [-0.05, 0) is 17.6 Å². The summed E-state index contributed by atoms with van der Waals surface area (Å²) >= 11 is 1.10. The summed E-state index contributed by atoms with van der Waals surface area (Å²) in [6.45, 7) is 0. The van der Waals surface area contributed by atoms with Crippen molar-refractivity contribution in [2.24, 2.45) is 7.05 Å². The SMILES string of the molecule is Cn1c(=O)sc2cc(B(O)O)ccc21. The summed E-state index contributed by atoms with van der Waals surface area (Å²) in [5, 5.41) is 17.9. The van der Waals surface area contributed by atoms with Crippen LogP contribution in [0.4, 0.5) is 0 Å². The molecule has 2 N–H and O–H groups in total. The minimum absolute atomic E-state index is 0.0513. The lowest BCUT2D eigenvalue weighted by atomic mass is 9.80. The second-order valence-corrected chi connectivity index (χ2v) is 4.02. The summed E-state index contributed by atoms with van der Waals surface area (Å²) in [4.78, 5) is 11.2. The van der Waals surface area contributed by atoms with E-state index in [1.54, 1.807) is 25.2 Å². The molecule has 1 aromatic heterocycles. The molecule has 0 fully saturated rings. The van der Waals surface area contributed by atoms with E-state index in [9.17, 15) is 4.79 Å². The van der Waals surface area contributed by atoms with E-state index in [1.165, 1.54) is 4.57 Å². The van der Waals surface area contributed by atoms with Gasteiger partial charge in [-0.25, -0.2) is 0 Å². The van der Waals surface area contributed by atoms with E-state index in [4.69, 9.17) is 10.0 Å². The van der Waals surface area contributed by atoms with Crippen LogP contribution < -0.4 is 10.3 Å². The molecule has 0 unspecified atom stereocenters. The van der Waals surface area contributed by atoms with Gasteiger partial charge in [-0.2, -0.15) is 0 Å². The molecule has 0 aliphatic heterocycles. The van der Waals surface area contributed by atoms with Crippen molar-refractivity contribution >= 4 is 34.1 Å². The monoisotopic (exact) mass is 209 g/mol. The predicted molar refractivity (Wildman–Crippen MR) is 56.9 cm³/mol. The van der Waals surface area contributed by atoms with E-state index < -0.39 is 7.12 Å². The number of benzene rings is 1. The minimum Gasteiger partial charge on any atom is -0.423 e. The molecule has 6 heteroatoms. The van der Waals surface area contributed by atoms with Gasteiger partial charge < -0.3 is 14.6 Å². The summed E-state index contributed by atoms with van der Waals surface area (Å²) in [6, 6.07) is 4.92. The smallest absolute Gasteiger partial charge is 0.423 e. The Balaban J connectivity index is 2.73. The average molecular weight is 209 g/mol. The lowest BCUT2D eigenvalue weighted by molar-refractivity contribution is 0.426. The maximum absolute atomic E-state index is 11.3. The molecule has 0 spiro atoms. The van der Waals surface area contributed by atoms with Crippen LogP contribution in [-0.4, -0.2) is 21.7 Å². The van der Waals surface area contributed by atoms with Gasteiger partial charge in [0, 0.05) is 7.05 Å². The second-order valence-electron chi connectivity index (χ2n) is 3.03. The third kappa shape index (κ3) is 1.37. The standard InChI is InChI=1S/C8H8BNO3S/c1-10-6-3-2-5(9(12)13)4-7(6)14-8(10)11/h2-4,12-13H,1H3. The van der Waals surface area contributed by atoms with Crippen molar-refractivity contribution in [3.8, 4) is 0 Å². The van der Waals surface area contributed by atoms with Crippen LogP contribution in [0, 0.1) is 0 Å². The fourth-order valence-electron chi connectivity index (χ4n) is 1.31. The number of aromatic nitrogens is 1. The molecule has 0 aliphatic rings. The molecule has 1 heterocycles. The first-order valence-electron chi connectivity index (χ1n) is 4.05. The van der Waals surface area contributed by atoms with Crippen LogP contribution in [0.3, 0.4) is 0 Å². The third-order valence-corrected chi connectivity index (χ3v) is 3.11. The molecule has 0 amide bonds. The first-order chi connectivity index (χ1) is 6.59. The topological polar surface area (TPSA) is 62.5 Å². The number of fused-ring (bicyclic) bond motifs is 1. The summed E-state index contributed by atoms with van der Waals surface area (Å²) in [5.41, 5.74) is 1.21. The van der Waals surface area contributed by atoms with Crippen LogP contribution >= 0.6 is 11.3 Å². The molecule has 1 aromatic carbocycles. The Morgan fingerprint density at radius 2 is 2.14 bits per heavy atom. The molecule has 0 saturated carbocycles. The molecule has 0 aliphatic carbocycles. The van der Waals surface area contributed by atoms with E-state index in [0.29, 0.717) is 5.46 Å². The Morgan fingerprint density at radius 3 is 2.79 bits per heavy atom. The van der Waals surface area contributed by atoms with Gasteiger partial charge in [0.2, 0.25) is 0 Å². The fraction of sp³-hybridized carbons (Fsp3) is 0.125. The zero-order valence-electron chi connectivity index (χ0n) is 7.47. The van der Waals surface area contributed by atoms with E-state index >= 15 is 0 Å². The van der Waals surface area contributed by atoms with E-state index in [1.807, 2.05) is 0 Å².